The van der Waals surface area contributed by atoms with Crippen LogP contribution in [0.25, 0.3) is 11.1 Å². The van der Waals surface area contributed by atoms with E-state index in [1.165, 1.54) is 6.08 Å². The zero-order chi connectivity index (χ0) is 25.4. The zero-order valence-corrected chi connectivity index (χ0v) is 20.7. The second kappa shape index (κ2) is 9.43. The van der Waals surface area contributed by atoms with E-state index in [0.717, 1.165) is 62.0 Å². The normalized spacial score (nSPS) is 19.4. The highest BCUT2D eigenvalue weighted by molar-refractivity contribution is 6.44. The Balaban J connectivity index is 1.07. The van der Waals surface area contributed by atoms with E-state index >= 15 is 0 Å². The van der Waals surface area contributed by atoms with Gasteiger partial charge in [0.05, 0.1) is 11.1 Å². The van der Waals surface area contributed by atoms with E-state index in [2.05, 4.69) is 27.0 Å². The highest BCUT2D eigenvalue weighted by atomic mass is 16.2. The zero-order valence-electron chi connectivity index (χ0n) is 20.7. The van der Waals surface area contributed by atoms with Crippen molar-refractivity contribution in [1.29, 1.82) is 5.41 Å². The van der Waals surface area contributed by atoms with Crippen molar-refractivity contribution in [3.63, 3.8) is 0 Å². The first kappa shape index (κ1) is 23.3. The molecular formula is C31H30N4O2. The van der Waals surface area contributed by atoms with Gasteiger partial charge in [-0.15, -0.1) is 0 Å². The van der Waals surface area contributed by atoms with E-state index in [4.69, 9.17) is 5.41 Å². The van der Waals surface area contributed by atoms with Crippen molar-refractivity contribution in [2.75, 3.05) is 13.1 Å². The summed E-state index contributed by atoms with van der Waals surface area (Å²) in [6.45, 7) is 1.58. The molecule has 3 aliphatic rings. The van der Waals surface area contributed by atoms with Crippen LogP contribution in [-0.2, 0) is 21.4 Å². The van der Waals surface area contributed by atoms with Gasteiger partial charge in [-0.3, -0.25) is 9.59 Å². The SMILES string of the molecule is N=C1C=C(c2ccccc2)C(=O)C=C1c1ncc(CC2CCN(C(=O)C3(c4ccccc4)CC3)CC2)[nH]1. The van der Waals surface area contributed by atoms with Gasteiger partial charge in [-0.1, -0.05) is 60.7 Å². The first-order chi connectivity index (χ1) is 18.0. The number of piperidine rings is 1. The lowest BCUT2D eigenvalue weighted by Crippen LogP contribution is -2.44. The first-order valence-corrected chi connectivity index (χ1v) is 13.0. The van der Waals surface area contributed by atoms with Gasteiger partial charge in [0.15, 0.2) is 5.78 Å². The summed E-state index contributed by atoms with van der Waals surface area (Å²) >= 11 is 0. The number of nitrogens with one attached hydrogen (secondary N) is 2. The van der Waals surface area contributed by atoms with Crippen molar-refractivity contribution in [2.45, 2.75) is 37.5 Å². The third-order valence-electron chi connectivity index (χ3n) is 7.98. The van der Waals surface area contributed by atoms with Crippen LogP contribution in [0.4, 0.5) is 0 Å². The average molecular weight is 491 g/mol. The number of amides is 1. The number of carbonyl (C=O) groups is 2. The van der Waals surface area contributed by atoms with Crippen LogP contribution in [0.5, 0.6) is 0 Å². The maximum Gasteiger partial charge on any atom is 0.233 e. The molecule has 2 aromatic carbocycles. The number of aromatic amines is 1. The number of likely N-dealkylation sites (tertiary alicyclic amines) is 1. The summed E-state index contributed by atoms with van der Waals surface area (Å²) in [7, 11) is 0. The van der Waals surface area contributed by atoms with Crippen molar-refractivity contribution in [3.8, 4) is 0 Å². The molecule has 6 rings (SSSR count). The third-order valence-corrected chi connectivity index (χ3v) is 7.98. The third kappa shape index (κ3) is 4.48. The van der Waals surface area contributed by atoms with Crippen molar-refractivity contribution in [1.82, 2.24) is 14.9 Å². The molecular weight excluding hydrogens is 460 g/mol. The maximum atomic E-state index is 13.3. The minimum absolute atomic E-state index is 0.115. The number of rotatable bonds is 6. The highest BCUT2D eigenvalue weighted by Gasteiger charge is 2.53. The van der Waals surface area contributed by atoms with Crippen LogP contribution in [-0.4, -0.2) is 45.4 Å². The van der Waals surface area contributed by atoms with Crippen LogP contribution in [0.1, 0.15) is 48.3 Å². The Hall–Kier alpha value is -4.06. The largest absolute Gasteiger partial charge is 0.342 e. The number of imidazole rings is 1. The Morgan fingerprint density at radius 3 is 2.32 bits per heavy atom. The van der Waals surface area contributed by atoms with Gasteiger partial charge >= 0.3 is 0 Å². The lowest BCUT2D eigenvalue weighted by molar-refractivity contribution is -0.135. The van der Waals surface area contributed by atoms with Crippen molar-refractivity contribution >= 4 is 28.5 Å². The van der Waals surface area contributed by atoms with Crippen LogP contribution in [0, 0.1) is 11.3 Å². The second-order valence-corrected chi connectivity index (χ2v) is 10.4. The molecule has 2 N–H and O–H groups in total. The van der Waals surface area contributed by atoms with Gasteiger partial charge in [0.2, 0.25) is 5.91 Å². The summed E-state index contributed by atoms with van der Waals surface area (Å²) < 4.78 is 0. The van der Waals surface area contributed by atoms with E-state index in [-0.39, 0.29) is 22.8 Å². The molecule has 37 heavy (non-hydrogen) atoms. The molecule has 0 radical (unpaired) electrons. The number of H-pyrrole nitrogens is 1. The number of ketones is 1. The van der Waals surface area contributed by atoms with E-state index in [1.807, 2.05) is 54.7 Å². The summed E-state index contributed by atoms with van der Waals surface area (Å²) in [5, 5.41) is 8.50. The lowest BCUT2D eigenvalue weighted by atomic mass is 9.89. The number of allylic oxidation sites excluding steroid dienone is 4. The van der Waals surface area contributed by atoms with Gasteiger partial charge in [-0.25, -0.2) is 4.98 Å². The Kier molecular flexibility index (Phi) is 5.95. The molecule has 0 spiro atoms. The van der Waals surface area contributed by atoms with Crippen LogP contribution in [0.15, 0.2) is 79.0 Å². The van der Waals surface area contributed by atoms with Gasteiger partial charge in [0.25, 0.3) is 0 Å². The molecule has 2 aliphatic carbocycles. The summed E-state index contributed by atoms with van der Waals surface area (Å²) in [6.07, 6.45) is 9.62. The van der Waals surface area contributed by atoms with Crippen LogP contribution in [0.2, 0.25) is 0 Å². The first-order valence-electron chi connectivity index (χ1n) is 13.0. The summed E-state index contributed by atoms with van der Waals surface area (Å²) in [5.74, 6) is 1.20. The second-order valence-electron chi connectivity index (χ2n) is 10.4. The van der Waals surface area contributed by atoms with E-state index in [9.17, 15) is 9.59 Å². The Morgan fingerprint density at radius 2 is 1.65 bits per heavy atom. The topological polar surface area (TPSA) is 89.9 Å². The number of hydrogen-bond donors (Lipinski definition) is 2. The van der Waals surface area contributed by atoms with Gasteiger partial charge in [0.1, 0.15) is 5.82 Å². The van der Waals surface area contributed by atoms with Crippen molar-refractivity contribution < 1.29 is 9.59 Å². The number of benzene rings is 2. The van der Waals surface area contributed by atoms with Gasteiger partial charge in [-0.2, -0.15) is 0 Å². The molecule has 1 amide bonds. The van der Waals surface area contributed by atoms with Crippen molar-refractivity contribution in [3.05, 3.63) is 102 Å². The summed E-state index contributed by atoms with van der Waals surface area (Å²) in [5.41, 5.74) is 4.00. The fraction of sp³-hybridized carbons (Fsp3) is 0.290. The number of hydrogen-bond acceptors (Lipinski definition) is 4. The molecule has 0 unspecified atom stereocenters. The quantitative estimate of drug-likeness (QED) is 0.477. The average Bonchev–Trinajstić information content (AvgIpc) is 3.63. The minimum Gasteiger partial charge on any atom is -0.342 e. The van der Waals surface area contributed by atoms with Crippen LogP contribution in [0.3, 0.4) is 0 Å². The smallest absolute Gasteiger partial charge is 0.233 e. The molecule has 1 saturated carbocycles. The number of nitrogens with zero attached hydrogens (tertiary/aromatic N) is 2. The molecule has 1 aromatic heterocycles. The molecule has 6 heteroatoms. The fourth-order valence-corrected chi connectivity index (χ4v) is 5.68. The Labute approximate surface area is 216 Å². The fourth-order valence-electron chi connectivity index (χ4n) is 5.68. The Morgan fingerprint density at radius 1 is 0.973 bits per heavy atom. The monoisotopic (exact) mass is 490 g/mol. The van der Waals surface area contributed by atoms with E-state index in [1.54, 1.807) is 6.08 Å². The molecule has 2 fully saturated rings. The summed E-state index contributed by atoms with van der Waals surface area (Å²) in [4.78, 5) is 36.0. The molecule has 2 heterocycles. The maximum absolute atomic E-state index is 13.3. The summed E-state index contributed by atoms with van der Waals surface area (Å²) in [6, 6.07) is 19.7. The van der Waals surface area contributed by atoms with Gasteiger partial charge in [0, 0.05) is 36.1 Å². The van der Waals surface area contributed by atoms with Crippen LogP contribution < -0.4 is 0 Å². The number of aromatic nitrogens is 2. The van der Waals surface area contributed by atoms with E-state index < -0.39 is 0 Å². The molecule has 0 bridgehead atoms. The van der Waals surface area contributed by atoms with Gasteiger partial charge < -0.3 is 15.3 Å². The van der Waals surface area contributed by atoms with E-state index in [0.29, 0.717) is 22.9 Å². The Bertz CT molecular complexity index is 1410. The molecule has 6 nitrogen and oxygen atoms in total. The molecule has 0 atom stereocenters. The number of carbonyl (C=O) groups excluding carboxylic acids is 2. The standard InChI is InChI=1S/C31H30N4O2/c32-27-18-25(22-7-3-1-4-8-22)28(36)19-26(27)29-33-20-24(34-29)17-21-11-15-35(16-12-21)30(37)31(13-14-31)23-9-5-2-6-10-23/h1-10,18-21,32H,11-17H2,(H,33,34). The molecule has 186 valence electrons. The molecule has 1 saturated heterocycles. The van der Waals surface area contributed by atoms with Crippen molar-refractivity contribution in [2.24, 2.45) is 5.92 Å². The predicted molar refractivity (Wildman–Crippen MR) is 144 cm³/mol. The molecule has 3 aromatic rings. The highest BCUT2D eigenvalue weighted by Crippen LogP contribution is 2.50. The lowest BCUT2D eigenvalue weighted by Gasteiger charge is -2.34. The predicted octanol–water partition coefficient (Wildman–Crippen LogP) is 4.99. The van der Waals surface area contributed by atoms with Gasteiger partial charge in [-0.05, 0) is 61.3 Å². The molecule has 1 aliphatic heterocycles. The van der Waals surface area contributed by atoms with Crippen LogP contribution >= 0.6 is 0 Å². The minimum atomic E-state index is -0.295.